The van der Waals surface area contributed by atoms with Gasteiger partial charge < -0.3 is 9.84 Å². The van der Waals surface area contributed by atoms with Crippen LogP contribution in [0, 0.1) is 0 Å². The van der Waals surface area contributed by atoms with Gasteiger partial charge in [0.2, 0.25) is 0 Å². The van der Waals surface area contributed by atoms with E-state index in [2.05, 4.69) is 12.1 Å². The highest BCUT2D eigenvalue weighted by atomic mass is 16.5. The van der Waals surface area contributed by atoms with Crippen LogP contribution in [0.5, 0.6) is 5.75 Å². The van der Waals surface area contributed by atoms with E-state index >= 15 is 0 Å². The molecule has 0 aromatic heterocycles. The molecule has 16 heavy (non-hydrogen) atoms. The smallest absolute Gasteiger partial charge is 0.125 e. The molecule has 2 nitrogen and oxygen atoms in total. The van der Waals surface area contributed by atoms with Gasteiger partial charge in [0.15, 0.2) is 0 Å². The van der Waals surface area contributed by atoms with Crippen molar-refractivity contribution in [3.05, 3.63) is 28.8 Å². The summed E-state index contributed by atoms with van der Waals surface area (Å²) in [5, 5.41) is 10.1. The third-order valence-electron chi connectivity index (χ3n) is 3.32. The largest absolute Gasteiger partial charge is 0.496 e. The molecule has 1 aromatic carbocycles. The fraction of sp³-hybridized carbons (Fsp3) is 0.571. The predicted octanol–water partition coefficient (Wildman–Crippen LogP) is 2.80. The number of methoxy groups -OCH3 is 1. The Morgan fingerprint density at radius 2 is 1.69 bits per heavy atom. The van der Waals surface area contributed by atoms with Gasteiger partial charge in [0.05, 0.1) is 12.7 Å². The second-order valence-corrected chi connectivity index (χ2v) is 5.09. The average Bonchev–Trinajstić information content (AvgIpc) is 2.26. The van der Waals surface area contributed by atoms with Gasteiger partial charge >= 0.3 is 0 Å². The van der Waals surface area contributed by atoms with E-state index in [1.807, 2.05) is 0 Å². The van der Waals surface area contributed by atoms with Crippen molar-refractivity contribution in [2.24, 2.45) is 0 Å². The van der Waals surface area contributed by atoms with Crippen LogP contribution in [0.2, 0.25) is 0 Å². The third kappa shape index (κ3) is 2.07. The Hall–Kier alpha value is -1.02. The van der Waals surface area contributed by atoms with E-state index < -0.39 is 5.60 Å². The van der Waals surface area contributed by atoms with Crippen LogP contribution in [0.3, 0.4) is 0 Å². The number of rotatable bonds is 2. The first-order valence-electron chi connectivity index (χ1n) is 5.95. The number of hydrogen-bond donors (Lipinski definition) is 1. The number of aliphatic hydroxyl groups is 1. The fourth-order valence-electron chi connectivity index (χ4n) is 2.41. The molecule has 1 aromatic rings. The molecule has 0 spiro atoms. The molecule has 0 atom stereocenters. The molecule has 0 amide bonds. The molecular weight excluding hydrogens is 200 g/mol. The molecule has 0 heterocycles. The van der Waals surface area contributed by atoms with Gasteiger partial charge in [0, 0.05) is 5.56 Å². The van der Waals surface area contributed by atoms with Crippen LogP contribution in [0.1, 0.15) is 43.4 Å². The van der Waals surface area contributed by atoms with E-state index in [1.54, 1.807) is 21.0 Å². The van der Waals surface area contributed by atoms with Crippen LogP contribution in [0.15, 0.2) is 12.1 Å². The van der Waals surface area contributed by atoms with E-state index in [1.165, 1.54) is 24.0 Å². The van der Waals surface area contributed by atoms with Gasteiger partial charge in [-0.1, -0.05) is 0 Å². The molecule has 1 aliphatic rings. The number of benzene rings is 1. The molecule has 0 radical (unpaired) electrons. The zero-order valence-corrected chi connectivity index (χ0v) is 10.3. The van der Waals surface area contributed by atoms with Gasteiger partial charge in [-0.05, 0) is 62.8 Å². The Labute approximate surface area is 97.3 Å². The van der Waals surface area contributed by atoms with Gasteiger partial charge in [-0.25, -0.2) is 0 Å². The molecule has 2 rings (SSSR count). The lowest BCUT2D eigenvalue weighted by atomic mass is 9.86. The molecule has 1 aliphatic carbocycles. The molecule has 0 fully saturated rings. The summed E-state index contributed by atoms with van der Waals surface area (Å²) in [7, 11) is 1.67. The molecular formula is C14H20O2. The van der Waals surface area contributed by atoms with Crippen molar-refractivity contribution in [2.45, 2.75) is 45.1 Å². The van der Waals surface area contributed by atoms with Crippen LogP contribution >= 0.6 is 0 Å². The van der Waals surface area contributed by atoms with Crippen LogP contribution in [-0.2, 0) is 18.4 Å². The summed E-state index contributed by atoms with van der Waals surface area (Å²) in [6.45, 7) is 3.61. The maximum Gasteiger partial charge on any atom is 0.125 e. The lowest BCUT2D eigenvalue weighted by Crippen LogP contribution is -2.18. The van der Waals surface area contributed by atoms with Gasteiger partial charge in [-0.15, -0.1) is 0 Å². The average molecular weight is 220 g/mol. The summed E-state index contributed by atoms with van der Waals surface area (Å²) < 4.78 is 5.38. The van der Waals surface area contributed by atoms with Crippen molar-refractivity contribution >= 4 is 0 Å². The topological polar surface area (TPSA) is 29.5 Å². The molecule has 0 saturated heterocycles. The highest BCUT2D eigenvalue weighted by Gasteiger charge is 2.23. The highest BCUT2D eigenvalue weighted by molar-refractivity contribution is 5.46. The predicted molar refractivity (Wildman–Crippen MR) is 64.9 cm³/mol. The molecule has 2 heteroatoms. The minimum atomic E-state index is -0.835. The first-order valence-corrected chi connectivity index (χ1v) is 5.95. The Bertz CT molecular complexity index is 388. The lowest BCUT2D eigenvalue weighted by molar-refractivity contribution is 0.0755. The zero-order chi connectivity index (χ0) is 11.8. The minimum absolute atomic E-state index is 0.813. The zero-order valence-electron chi connectivity index (χ0n) is 10.3. The number of hydrogen-bond acceptors (Lipinski definition) is 2. The van der Waals surface area contributed by atoms with Crippen molar-refractivity contribution < 1.29 is 9.84 Å². The first-order chi connectivity index (χ1) is 7.52. The summed E-state index contributed by atoms with van der Waals surface area (Å²) >= 11 is 0. The van der Waals surface area contributed by atoms with E-state index in [0.29, 0.717) is 0 Å². The van der Waals surface area contributed by atoms with Crippen molar-refractivity contribution in [2.75, 3.05) is 7.11 Å². The molecule has 0 aliphatic heterocycles. The van der Waals surface area contributed by atoms with Crippen LogP contribution in [0.4, 0.5) is 0 Å². The minimum Gasteiger partial charge on any atom is -0.496 e. The van der Waals surface area contributed by atoms with E-state index in [0.717, 1.165) is 24.2 Å². The lowest BCUT2D eigenvalue weighted by Gasteiger charge is -2.25. The monoisotopic (exact) mass is 220 g/mol. The summed E-state index contributed by atoms with van der Waals surface area (Å²) in [6, 6.07) is 4.22. The summed E-state index contributed by atoms with van der Waals surface area (Å²) in [5.41, 5.74) is 2.83. The summed E-state index contributed by atoms with van der Waals surface area (Å²) in [6.07, 6.45) is 4.78. The number of fused-ring (bicyclic) bond motifs is 1. The molecule has 0 saturated carbocycles. The second-order valence-electron chi connectivity index (χ2n) is 5.09. The molecule has 0 bridgehead atoms. The van der Waals surface area contributed by atoms with Crippen molar-refractivity contribution in [3.63, 3.8) is 0 Å². The van der Waals surface area contributed by atoms with Gasteiger partial charge in [0.1, 0.15) is 5.75 Å². The van der Waals surface area contributed by atoms with E-state index in [4.69, 9.17) is 4.74 Å². The molecule has 1 N–H and O–H groups in total. The SMILES string of the molecule is COc1cc2c(cc1C(C)(C)O)CCCC2. The van der Waals surface area contributed by atoms with Crippen molar-refractivity contribution in [1.29, 1.82) is 0 Å². The standard InChI is InChI=1S/C14H20O2/c1-14(2,15)12-8-10-6-4-5-7-11(10)9-13(12)16-3/h8-9,15H,4-7H2,1-3H3. The van der Waals surface area contributed by atoms with Gasteiger partial charge in [-0.3, -0.25) is 0 Å². The number of ether oxygens (including phenoxy) is 1. The number of aryl methyl sites for hydroxylation is 2. The fourth-order valence-corrected chi connectivity index (χ4v) is 2.41. The Morgan fingerprint density at radius 1 is 1.12 bits per heavy atom. The maximum atomic E-state index is 10.1. The Morgan fingerprint density at radius 3 is 2.19 bits per heavy atom. The van der Waals surface area contributed by atoms with Gasteiger partial charge in [-0.2, -0.15) is 0 Å². The van der Waals surface area contributed by atoms with Crippen molar-refractivity contribution in [3.8, 4) is 5.75 Å². The maximum absolute atomic E-state index is 10.1. The van der Waals surface area contributed by atoms with Crippen molar-refractivity contribution in [1.82, 2.24) is 0 Å². The molecule has 88 valence electrons. The second kappa shape index (κ2) is 4.10. The summed E-state index contributed by atoms with van der Waals surface area (Å²) in [5.74, 6) is 0.813. The van der Waals surface area contributed by atoms with Crippen LogP contribution in [-0.4, -0.2) is 12.2 Å². The van der Waals surface area contributed by atoms with Crippen LogP contribution in [0.25, 0.3) is 0 Å². The van der Waals surface area contributed by atoms with E-state index in [9.17, 15) is 5.11 Å². The Kier molecular flexibility index (Phi) is 2.94. The highest BCUT2D eigenvalue weighted by Crippen LogP contribution is 2.34. The molecule has 0 unspecified atom stereocenters. The van der Waals surface area contributed by atoms with Crippen LogP contribution < -0.4 is 4.74 Å². The Balaban J connectivity index is 2.52. The summed E-state index contributed by atoms with van der Waals surface area (Å²) in [4.78, 5) is 0. The van der Waals surface area contributed by atoms with Gasteiger partial charge in [0.25, 0.3) is 0 Å². The quantitative estimate of drug-likeness (QED) is 0.830. The van der Waals surface area contributed by atoms with E-state index in [-0.39, 0.29) is 0 Å². The third-order valence-corrected chi connectivity index (χ3v) is 3.32. The first kappa shape index (κ1) is 11.5. The normalized spacial score (nSPS) is 15.8.